The molecule has 7 nitrogen and oxygen atoms in total. The molecule has 9 heteroatoms. The van der Waals surface area contributed by atoms with Gasteiger partial charge in [0.2, 0.25) is 0 Å². The van der Waals surface area contributed by atoms with E-state index in [9.17, 15) is 9.59 Å². The van der Waals surface area contributed by atoms with Gasteiger partial charge < -0.3 is 4.74 Å². The Labute approximate surface area is 158 Å². The van der Waals surface area contributed by atoms with E-state index in [-0.39, 0.29) is 12.4 Å². The van der Waals surface area contributed by atoms with E-state index in [0.29, 0.717) is 22.1 Å². The topological polar surface area (TPSA) is 86.1 Å². The molecule has 1 aromatic carbocycles. The number of ether oxygens (including phenoxy) is 1. The number of nitrogens with zero attached hydrogens (tertiary/aromatic N) is 3. The molecule has 0 fully saturated rings. The Bertz CT molecular complexity index is 937. The molecule has 0 radical (unpaired) electrons. The van der Waals surface area contributed by atoms with Crippen molar-refractivity contribution < 1.29 is 14.3 Å². The van der Waals surface area contributed by atoms with E-state index in [2.05, 4.69) is 15.4 Å². The van der Waals surface area contributed by atoms with Gasteiger partial charge in [0.1, 0.15) is 11.6 Å². The number of hydrogen-bond donors (Lipinski definition) is 1. The minimum absolute atomic E-state index is 0.0159. The van der Waals surface area contributed by atoms with Gasteiger partial charge in [0.25, 0.3) is 0 Å². The van der Waals surface area contributed by atoms with Crippen molar-refractivity contribution in [3.8, 4) is 0 Å². The Morgan fingerprint density at radius 3 is 2.85 bits per heavy atom. The summed E-state index contributed by atoms with van der Waals surface area (Å²) in [4.78, 5) is 28.0. The first-order valence-corrected chi connectivity index (χ1v) is 8.86. The molecule has 1 N–H and O–H groups in total. The van der Waals surface area contributed by atoms with Crippen LogP contribution in [-0.4, -0.2) is 26.6 Å². The maximum Gasteiger partial charge on any atom is 0.412 e. The normalized spacial score (nSPS) is 10.5. The number of carbonyl (C=O) groups is 2. The van der Waals surface area contributed by atoms with Crippen LogP contribution in [0.5, 0.6) is 0 Å². The Kier molecular flexibility index (Phi) is 5.65. The molecule has 2 heterocycles. The lowest BCUT2D eigenvalue weighted by atomic mass is 10.2. The van der Waals surface area contributed by atoms with Crippen molar-refractivity contribution in [2.45, 2.75) is 20.1 Å². The SMILES string of the molecule is CC(=O)c1cnc(Cn2cc(NC(=O)OCc3ccccc3Cl)cn2)s1. The minimum atomic E-state index is -0.599. The number of Topliss-reactive ketones (excluding diaryl/α,β-unsaturated/α-hetero) is 1. The fourth-order valence-corrected chi connectivity index (χ4v) is 3.11. The summed E-state index contributed by atoms with van der Waals surface area (Å²) < 4.78 is 6.77. The van der Waals surface area contributed by atoms with Gasteiger partial charge in [-0.3, -0.25) is 14.8 Å². The molecule has 2 aromatic heterocycles. The van der Waals surface area contributed by atoms with Gasteiger partial charge in [-0.15, -0.1) is 11.3 Å². The van der Waals surface area contributed by atoms with Gasteiger partial charge in [-0.25, -0.2) is 9.78 Å². The smallest absolute Gasteiger partial charge is 0.412 e. The standard InChI is InChI=1S/C17H15ClN4O3S/c1-11(23)15-7-19-16(26-15)9-22-8-13(6-20-22)21-17(24)25-10-12-4-2-3-5-14(12)18/h2-8H,9-10H2,1H3,(H,21,24). The average Bonchev–Trinajstić information content (AvgIpc) is 3.24. The van der Waals surface area contributed by atoms with Crippen molar-refractivity contribution in [3.05, 3.63) is 63.3 Å². The van der Waals surface area contributed by atoms with Crippen LogP contribution in [0.25, 0.3) is 0 Å². The molecule has 0 atom stereocenters. The number of carbonyl (C=O) groups excluding carboxylic acids is 2. The fourth-order valence-electron chi connectivity index (χ4n) is 2.11. The number of aromatic nitrogens is 3. The molecule has 1 amide bonds. The number of amides is 1. The highest BCUT2D eigenvalue weighted by atomic mass is 35.5. The Hall–Kier alpha value is -2.71. The van der Waals surface area contributed by atoms with Crippen LogP contribution < -0.4 is 5.32 Å². The predicted molar refractivity (Wildman–Crippen MR) is 98.7 cm³/mol. The number of hydrogen-bond acceptors (Lipinski definition) is 6. The predicted octanol–water partition coefficient (Wildman–Crippen LogP) is 3.99. The van der Waals surface area contributed by atoms with Crippen LogP contribution in [0.1, 0.15) is 27.2 Å². The minimum Gasteiger partial charge on any atom is -0.444 e. The van der Waals surface area contributed by atoms with E-state index >= 15 is 0 Å². The number of rotatable bonds is 6. The van der Waals surface area contributed by atoms with Crippen molar-refractivity contribution in [1.82, 2.24) is 14.8 Å². The van der Waals surface area contributed by atoms with Gasteiger partial charge in [0.05, 0.1) is 23.3 Å². The van der Waals surface area contributed by atoms with Gasteiger partial charge in [0, 0.05) is 29.9 Å². The summed E-state index contributed by atoms with van der Waals surface area (Å²) in [5, 5.41) is 8.06. The van der Waals surface area contributed by atoms with E-state index in [1.54, 1.807) is 29.2 Å². The van der Waals surface area contributed by atoms with E-state index < -0.39 is 6.09 Å². The third-order valence-electron chi connectivity index (χ3n) is 3.39. The highest BCUT2D eigenvalue weighted by molar-refractivity contribution is 7.13. The van der Waals surface area contributed by atoms with E-state index in [1.165, 1.54) is 24.5 Å². The molecule has 134 valence electrons. The molecular weight excluding hydrogens is 376 g/mol. The lowest BCUT2D eigenvalue weighted by Crippen LogP contribution is -2.13. The molecule has 0 bridgehead atoms. The summed E-state index contributed by atoms with van der Waals surface area (Å²) in [6.07, 6.45) is 4.12. The van der Waals surface area contributed by atoms with Crippen molar-refractivity contribution in [2.24, 2.45) is 0 Å². The van der Waals surface area contributed by atoms with E-state index in [4.69, 9.17) is 16.3 Å². The molecule has 3 aromatic rings. The zero-order valence-corrected chi connectivity index (χ0v) is 15.4. The van der Waals surface area contributed by atoms with Gasteiger partial charge in [-0.1, -0.05) is 29.8 Å². The molecule has 0 saturated heterocycles. The van der Waals surface area contributed by atoms with Gasteiger partial charge in [-0.2, -0.15) is 5.10 Å². The van der Waals surface area contributed by atoms with E-state index in [1.807, 2.05) is 12.1 Å². The maximum atomic E-state index is 11.9. The summed E-state index contributed by atoms with van der Waals surface area (Å²) in [5.74, 6) is -0.0159. The Balaban J connectivity index is 1.53. The van der Waals surface area contributed by atoms with Crippen LogP contribution in [-0.2, 0) is 17.9 Å². The highest BCUT2D eigenvalue weighted by Crippen LogP contribution is 2.17. The van der Waals surface area contributed by atoms with Crippen molar-refractivity contribution >= 4 is 40.5 Å². The Morgan fingerprint density at radius 2 is 2.12 bits per heavy atom. The van der Waals surface area contributed by atoms with Crippen LogP contribution in [0.3, 0.4) is 0 Å². The quantitative estimate of drug-likeness (QED) is 0.643. The number of halogens is 1. The van der Waals surface area contributed by atoms with E-state index in [0.717, 1.165) is 10.6 Å². The monoisotopic (exact) mass is 390 g/mol. The summed E-state index contributed by atoms with van der Waals surface area (Å²) in [7, 11) is 0. The van der Waals surface area contributed by atoms with Crippen LogP contribution in [0, 0.1) is 0 Å². The molecule has 0 aliphatic carbocycles. The van der Waals surface area contributed by atoms with Gasteiger partial charge >= 0.3 is 6.09 Å². The average molecular weight is 391 g/mol. The summed E-state index contributed by atoms with van der Waals surface area (Å²) in [6.45, 7) is 1.99. The van der Waals surface area contributed by atoms with Crippen LogP contribution >= 0.6 is 22.9 Å². The maximum absolute atomic E-state index is 11.9. The Morgan fingerprint density at radius 1 is 1.31 bits per heavy atom. The first-order chi connectivity index (χ1) is 12.5. The third-order valence-corrected chi connectivity index (χ3v) is 4.85. The molecular formula is C17H15ClN4O3S. The zero-order valence-electron chi connectivity index (χ0n) is 13.8. The van der Waals surface area contributed by atoms with Crippen LogP contribution in [0.2, 0.25) is 5.02 Å². The largest absolute Gasteiger partial charge is 0.444 e. The third kappa shape index (κ3) is 4.68. The second-order valence-electron chi connectivity index (χ2n) is 5.39. The van der Waals surface area contributed by atoms with Crippen LogP contribution in [0.4, 0.5) is 10.5 Å². The number of thiazole rings is 1. The first-order valence-electron chi connectivity index (χ1n) is 7.66. The summed E-state index contributed by atoms with van der Waals surface area (Å²) >= 11 is 7.34. The lowest BCUT2D eigenvalue weighted by molar-refractivity contribution is 0.102. The lowest BCUT2D eigenvalue weighted by Gasteiger charge is -2.06. The van der Waals surface area contributed by atoms with Crippen molar-refractivity contribution in [3.63, 3.8) is 0 Å². The number of nitrogens with one attached hydrogen (secondary N) is 1. The van der Waals surface area contributed by atoms with Gasteiger partial charge in [-0.05, 0) is 6.07 Å². The molecule has 0 aliphatic heterocycles. The molecule has 0 saturated carbocycles. The number of benzene rings is 1. The number of anilines is 1. The zero-order chi connectivity index (χ0) is 18.5. The van der Waals surface area contributed by atoms with Gasteiger partial charge in [0.15, 0.2) is 5.78 Å². The summed E-state index contributed by atoms with van der Waals surface area (Å²) in [5.41, 5.74) is 1.22. The van der Waals surface area contributed by atoms with Crippen LogP contribution in [0.15, 0.2) is 42.9 Å². The van der Waals surface area contributed by atoms with Crippen molar-refractivity contribution in [2.75, 3.05) is 5.32 Å². The highest BCUT2D eigenvalue weighted by Gasteiger charge is 2.10. The molecule has 0 unspecified atom stereocenters. The number of ketones is 1. The first kappa shape index (κ1) is 18.1. The molecule has 3 rings (SSSR count). The summed E-state index contributed by atoms with van der Waals surface area (Å²) in [6, 6.07) is 7.15. The molecule has 0 spiro atoms. The second kappa shape index (κ2) is 8.11. The molecule has 0 aliphatic rings. The fraction of sp³-hybridized carbons (Fsp3) is 0.176. The second-order valence-corrected chi connectivity index (χ2v) is 6.92. The molecule has 26 heavy (non-hydrogen) atoms. The van der Waals surface area contributed by atoms with Crippen molar-refractivity contribution in [1.29, 1.82) is 0 Å².